The van der Waals surface area contributed by atoms with Crippen molar-refractivity contribution in [2.45, 2.75) is 59.8 Å². The van der Waals surface area contributed by atoms with E-state index in [0.717, 1.165) is 15.2 Å². The molecule has 0 radical (unpaired) electrons. The molecule has 0 aliphatic rings. The summed E-state index contributed by atoms with van der Waals surface area (Å²) in [6.45, 7) is 9.92. The molecule has 10 heteroatoms. The fourth-order valence-electron chi connectivity index (χ4n) is 3.24. The zero-order valence-electron chi connectivity index (χ0n) is 20.6. The smallest absolute Gasteiger partial charge is 0.429 e. The molecule has 0 bridgehead atoms. The van der Waals surface area contributed by atoms with Gasteiger partial charge in [0.1, 0.15) is 12.2 Å². The van der Waals surface area contributed by atoms with Gasteiger partial charge in [0, 0.05) is 12.6 Å². The number of nitrogens with one attached hydrogen (secondary N) is 1. The number of ketones is 1. The lowest BCUT2D eigenvalue weighted by atomic mass is 9.94. The number of Topliss-reactive ketones (excluding diaryl/α,β-unsaturated/α-hetero) is 1. The normalized spacial score (nSPS) is 12.2. The first-order valence-electron chi connectivity index (χ1n) is 10.9. The first-order valence-corrected chi connectivity index (χ1v) is 10.9. The second kappa shape index (κ2) is 10.5. The summed E-state index contributed by atoms with van der Waals surface area (Å²) < 4.78 is 11.3. The van der Waals surface area contributed by atoms with Gasteiger partial charge in [0.15, 0.2) is 5.78 Å². The van der Waals surface area contributed by atoms with E-state index in [1.54, 1.807) is 58.9 Å². The van der Waals surface area contributed by atoms with Gasteiger partial charge in [0.25, 0.3) is 0 Å². The van der Waals surface area contributed by atoms with Crippen LogP contribution in [-0.4, -0.2) is 51.5 Å². The van der Waals surface area contributed by atoms with Crippen LogP contribution in [0.2, 0.25) is 0 Å². The van der Waals surface area contributed by atoms with Gasteiger partial charge in [-0.2, -0.15) is 4.68 Å². The topological polar surface area (TPSA) is 130 Å². The number of carbonyl (C=O) groups is 3. The third-order valence-corrected chi connectivity index (χ3v) is 4.97. The molecule has 186 valence electrons. The minimum atomic E-state index is -1.05. The minimum Gasteiger partial charge on any atom is -0.493 e. The van der Waals surface area contributed by atoms with Crippen LogP contribution in [0, 0.1) is 12.8 Å². The number of alkyl carbamates (subject to hydrolysis) is 1. The maximum atomic E-state index is 13.3. The number of aromatic hydroxyl groups is 2. The predicted molar refractivity (Wildman–Crippen MR) is 126 cm³/mol. The maximum Gasteiger partial charge on any atom is 0.429 e. The van der Waals surface area contributed by atoms with E-state index in [0.29, 0.717) is 0 Å². The average molecular weight is 476 g/mol. The van der Waals surface area contributed by atoms with Gasteiger partial charge in [-0.1, -0.05) is 44.2 Å². The lowest BCUT2D eigenvalue weighted by molar-refractivity contribution is 0.0475. The number of amides is 2. The van der Waals surface area contributed by atoms with Gasteiger partial charge in [0.2, 0.25) is 11.8 Å². The van der Waals surface area contributed by atoms with Gasteiger partial charge in [-0.3, -0.25) is 4.79 Å². The third-order valence-electron chi connectivity index (χ3n) is 4.97. The van der Waals surface area contributed by atoms with Crippen molar-refractivity contribution in [3.05, 3.63) is 47.0 Å². The fraction of sp³-hybridized carbons (Fsp3) is 0.458. The molecule has 3 N–H and O–H groups in total. The van der Waals surface area contributed by atoms with Gasteiger partial charge in [-0.25, -0.2) is 14.6 Å². The summed E-state index contributed by atoms with van der Waals surface area (Å²) in [4.78, 5) is 38.1. The molecule has 0 unspecified atom stereocenters. The Morgan fingerprint density at radius 1 is 1.09 bits per heavy atom. The van der Waals surface area contributed by atoms with Gasteiger partial charge >= 0.3 is 12.2 Å². The van der Waals surface area contributed by atoms with Crippen LogP contribution in [0.1, 0.15) is 56.1 Å². The Morgan fingerprint density at radius 2 is 1.68 bits per heavy atom. The molecule has 10 nitrogen and oxygen atoms in total. The van der Waals surface area contributed by atoms with Crippen LogP contribution in [0.5, 0.6) is 11.8 Å². The predicted octanol–water partition coefficient (Wildman–Crippen LogP) is 3.84. The molecule has 0 spiro atoms. The summed E-state index contributed by atoms with van der Waals surface area (Å²) in [5, 5.41) is 24.8. The number of rotatable bonds is 7. The summed E-state index contributed by atoms with van der Waals surface area (Å²) >= 11 is 0. The van der Waals surface area contributed by atoms with Crippen LogP contribution in [-0.2, 0) is 16.1 Å². The number of aromatic nitrogens is 1. The Balaban J connectivity index is 2.28. The summed E-state index contributed by atoms with van der Waals surface area (Å²) in [6, 6.07) is 7.94. The largest absolute Gasteiger partial charge is 0.493 e. The lowest BCUT2D eigenvalue weighted by Gasteiger charge is -2.25. The van der Waals surface area contributed by atoms with Crippen molar-refractivity contribution in [1.29, 1.82) is 0 Å². The van der Waals surface area contributed by atoms with E-state index < -0.39 is 41.4 Å². The van der Waals surface area contributed by atoms with Gasteiger partial charge in [0.05, 0.1) is 11.6 Å². The van der Waals surface area contributed by atoms with E-state index in [1.807, 2.05) is 6.07 Å². The lowest BCUT2D eigenvalue weighted by Crippen LogP contribution is -2.46. The molecule has 0 saturated carbocycles. The van der Waals surface area contributed by atoms with Crippen LogP contribution in [0.3, 0.4) is 0 Å². The van der Waals surface area contributed by atoms with E-state index in [9.17, 15) is 24.6 Å². The Bertz CT molecular complexity index is 1040. The monoisotopic (exact) mass is 475 g/mol. The average Bonchev–Trinajstić information content (AvgIpc) is 2.96. The molecule has 34 heavy (non-hydrogen) atoms. The minimum absolute atomic E-state index is 0.0210. The first-order chi connectivity index (χ1) is 15.7. The molecule has 1 aromatic carbocycles. The Hall–Kier alpha value is -3.69. The van der Waals surface area contributed by atoms with E-state index in [-0.39, 0.29) is 23.7 Å². The van der Waals surface area contributed by atoms with E-state index in [1.165, 1.54) is 14.0 Å². The van der Waals surface area contributed by atoms with Crippen molar-refractivity contribution in [1.82, 2.24) is 9.99 Å². The summed E-state index contributed by atoms with van der Waals surface area (Å²) in [7, 11) is 1.28. The van der Waals surface area contributed by atoms with Gasteiger partial charge in [-0.15, -0.1) is 0 Å². The van der Waals surface area contributed by atoms with E-state index in [4.69, 9.17) is 9.47 Å². The quantitative estimate of drug-likeness (QED) is 0.519. The number of hydrogen-bond donors (Lipinski definition) is 3. The molecular weight excluding hydrogens is 442 g/mol. The summed E-state index contributed by atoms with van der Waals surface area (Å²) in [5.41, 5.74) is -0.195. The van der Waals surface area contributed by atoms with Crippen molar-refractivity contribution >= 4 is 18.0 Å². The highest BCUT2D eigenvalue weighted by molar-refractivity contribution is 6.05. The summed E-state index contributed by atoms with van der Waals surface area (Å²) in [5.74, 6) is -2.18. The molecule has 0 saturated heterocycles. The fourth-order valence-corrected chi connectivity index (χ4v) is 3.24. The second-order valence-electron chi connectivity index (χ2n) is 9.25. The zero-order valence-corrected chi connectivity index (χ0v) is 20.6. The first kappa shape index (κ1) is 26.6. The molecule has 1 heterocycles. The van der Waals surface area contributed by atoms with Crippen LogP contribution < -0.4 is 10.3 Å². The van der Waals surface area contributed by atoms with Crippen molar-refractivity contribution in [2.24, 2.45) is 5.92 Å². The number of nitrogens with zero attached hydrogens (tertiary/aromatic N) is 2. The zero-order chi connectivity index (χ0) is 25.8. The number of carbonyl (C=O) groups excluding carboxylic acids is 3. The molecule has 1 aromatic heterocycles. The second-order valence-corrected chi connectivity index (χ2v) is 9.25. The molecule has 0 fully saturated rings. The highest BCUT2D eigenvalue weighted by atomic mass is 16.6. The van der Waals surface area contributed by atoms with Crippen LogP contribution in [0.4, 0.5) is 9.59 Å². The Morgan fingerprint density at radius 3 is 2.21 bits per heavy atom. The molecule has 2 aromatic rings. The van der Waals surface area contributed by atoms with Gasteiger partial charge in [-0.05, 0) is 39.2 Å². The molecule has 1 atom stereocenters. The van der Waals surface area contributed by atoms with Crippen molar-refractivity contribution in [3.8, 4) is 11.8 Å². The SMILES string of the molecule is Cc1c(C(=O)[C@@H](NC(=O)OC(C)(C)C)C(C)C)c(O)n(N(C)C(=O)OCc2ccccc2)c1O. The molecule has 0 aliphatic carbocycles. The number of ether oxygens (including phenoxy) is 2. The van der Waals surface area contributed by atoms with Crippen molar-refractivity contribution in [3.63, 3.8) is 0 Å². The Kier molecular flexibility index (Phi) is 8.20. The van der Waals surface area contributed by atoms with Crippen LogP contribution in [0.15, 0.2) is 30.3 Å². The Labute approximate surface area is 199 Å². The molecule has 2 rings (SSSR count). The van der Waals surface area contributed by atoms with Crippen molar-refractivity contribution < 1.29 is 34.1 Å². The van der Waals surface area contributed by atoms with Crippen molar-refractivity contribution in [2.75, 3.05) is 12.1 Å². The third kappa shape index (κ3) is 6.21. The number of benzene rings is 1. The van der Waals surface area contributed by atoms with E-state index in [2.05, 4.69) is 5.32 Å². The highest BCUT2D eigenvalue weighted by Crippen LogP contribution is 2.35. The van der Waals surface area contributed by atoms with Crippen LogP contribution in [0.25, 0.3) is 0 Å². The maximum absolute atomic E-state index is 13.3. The summed E-state index contributed by atoms with van der Waals surface area (Å²) in [6.07, 6.45) is -1.65. The van der Waals surface area contributed by atoms with Gasteiger partial charge < -0.3 is 25.0 Å². The molecule has 0 aliphatic heterocycles. The number of hydrogen-bond acceptors (Lipinski definition) is 7. The van der Waals surface area contributed by atoms with Crippen LogP contribution >= 0.6 is 0 Å². The molecule has 2 amide bonds. The molecular formula is C24H33N3O7. The standard InChI is InChI=1S/C24H33N3O7/c1-14(2)18(25-22(31)34-24(4,5)6)19(28)17-15(3)20(29)27(21(17)30)26(7)23(32)33-13-16-11-9-8-10-12-16/h8-12,14,18,29-30H,13H2,1-7H3,(H,25,31)/t18-/m0/s1. The van der Waals surface area contributed by atoms with E-state index >= 15 is 0 Å². The highest BCUT2D eigenvalue weighted by Gasteiger charge is 2.35.